The summed E-state index contributed by atoms with van der Waals surface area (Å²) in [6, 6.07) is 8.31. The van der Waals surface area contributed by atoms with E-state index in [0.29, 0.717) is 0 Å². The SMILES string of the molecule is CCCCc1ccc(OC(OC)C2=CC=CCC=C2)cc1. The molecule has 1 aliphatic carbocycles. The second-order valence-electron chi connectivity index (χ2n) is 5.17. The first-order chi connectivity index (χ1) is 10.3. The first kappa shape index (κ1) is 15.6. The van der Waals surface area contributed by atoms with E-state index in [0.717, 1.165) is 24.2 Å². The van der Waals surface area contributed by atoms with Crippen LogP contribution in [0, 0.1) is 0 Å². The molecule has 0 aromatic heterocycles. The standard InChI is InChI=1S/C19H24O2/c1-3-4-9-16-12-14-18(15-13-16)21-19(20-2)17-10-7-5-6-8-11-17/h5,7-8,10-15,19H,3-4,6,9H2,1-2H3. The van der Waals surface area contributed by atoms with Crippen LogP contribution in [0.15, 0.2) is 60.2 Å². The van der Waals surface area contributed by atoms with Gasteiger partial charge in [0, 0.05) is 12.7 Å². The van der Waals surface area contributed by atoms with Crippen LogP contribution in [0.5, 0.6) is 5.75 Å². The number of hydrogen-bond donors (Lipinski definition) is 0. The molecular formula is C19H24O2. The van der Waals surface area contributed by atoms with E-state index in [2.05, 4.69) is 37.3 Å². The third-order valence-corrected chi connectivity index (χ3v) is 3.48. The summed E-state index contributed by atoms with van der Waals surface area (Å²) in [4.78, 5) is 0. The molecular weight excluding hydrogens is 260 g/mol. The van der Waals surface area contributed by atoms with Gasteiger partial charge in [0.2, 0.25) is 6.29 Å². The molecule has 0 aliphatic heterocycles. The van der Waals surface area contributed by atoms with Crippen LogP contribution in [0.25, 0.3) is 0 Å². The lowest BCUT2D eigenvalue weighted by atomic mass is 10.1. The third kappa shape index (κ3) is 4.91. The molecule has 21 heavy (non-hydrogen) atoms. The molecule has 1 aromatic carbocycles. The van der Waals surface area contributed by atoms with Crippen molar-refractivity contribution in [3.05, 3.63) is 65.8 Å². The molecule has 0 heterocycles. The van der Waals surface area contributed by atoms with Crippen molar-refractivity contribution < 1.29 is 9.47 Å². The summed E-state index contributed by atoms with van der Waals surface area (Å²) in [5.41, 5.74) is 2.39. The monoisotopic (exact) mass is 284 g/mol. The molecule has 2 heteroatoms. The fourth-order valence-corrected chi connectivity index (χ4v) is 2.24. The molecule has 0 fully saturated rings. The number of allylic oxidation sites excluding steroid dienone is 4. The normalized spacial score (nSPS) is 15.4. The van der Waals surface area contributed by atoms with Crippen molar-refractivity contribution in [1.29, 1.82) is 0 Å². The Bertz CT molecular complexity index is 509. The summed E-state index contributed by atoms with van der Waals surface area (Å²) in [5.74, 6) is 0.838. The van der Waals surface area contributed by atoms with Crippen molar-refractivity contribution in [1.82, 2.24) is 0 Å². The molecule has 1 unspecified atom stereocenters. The number of hydrogen-bond acceptors (Lipinski definition) is 2. The number of methoxy groups -OCH3 is 1. The highest BCUT2D eigenvalue weighted by molar-refractivity contribution is 5.32. The molecule has 0 N–H and O–H groups in total. The third-order valence-electron chi connectivity index (χ3n) is 3.48. The van der Waals surface area contributed by atoms with Crippen LogP contribution in [0.4, 0.5) is 0 Å². The van der Waals surface area contributed by atoms with Gasteiger partial charge in [-0.05, 0) is 37.0 Å². The lowest BCUT2D eigenvalue weighted by Gasteiger charge is -2.18. The zero-order valence-electron chi connectivity index (χ0n) is 12.9. The van der Waals surface area contributed by atoms with Gasteiger partial charge in [-0.1, -0.05) is 55.9 Å². The molecule has 0 saturated heterocycles. The molecule has 0 radical (unpaired) electrons. The van der Waals surface area contributed by atoms with E-state index in [1.54, 1.807) is 7.11 Å². The average molecular weight is 284 g/mol. The molecule has 112 valence electrons. The van der Waals surface area contributed by atoms with Crippen LogP contribution >= 0.6 is 0 Å². The molecule has 1 atom stereocenters. The summed E-state index contributed by atoms with van der Waals surface area (Å²) < 4.78 is 11.4. The van der Waals surface area contributed by atoms with Gasteiger partial charge in [0.15, 0.2) is 0 Å². The Balaban J connectivity index is 2.01. The van der Waals surface area contributed by atoms with Crippen molar-refractivity contribution in [2.24, 2.45) is 0 Å². The summed E-state index contributed by atoms with van der Waals surface area (Å²) in [6.45, 7) is 2.21. The number of unbranched alkanes of at least 4 members (excludes halogenated alkanes) is 1. The van der Waals surface area contributed by atoms with Gasteiger partial charge < -0.3 is 9.47 Å². The van der Waals surface area contributed by atoms with Gasteiger partial charge in [-0.25, -0.2) is 0 Å². The number of rotatable bonds is 7. The first-order valence-corrected chi connectivity index (χ1v) is 7.65. The van der Waals surface area contributed by atoms with Gasteiger partial charge in [-0.3, -0.25) is 0 Å². The second kappa shape index (κ2) is 8.48. The van der Waals surface area contributed by atoms with E-state index < -0.39 is 0 Å². The molecule has 1 aliphatic rings. The average Bonchev–Trinajstić information content (AvgIpc) is 2.81. The lowest BCUT2D eigenvalue weighted by molar-refractivity contribution is -0.0220. The highest BCUT2D eigenvalue weighted by Crippen LogP contribution is 2.20. The maximum absolute atomic E-state index is 5.94. The van der Waals surface area contributed by atoms with E-state index in [1.165, 1.54) is 18.4 Å². The Morgan fingerprint density at radius 1 is 1.14 bits per heavy atom. The second-order valence-corrected chi connectivity index (χ2v) is 5.17. The van der Waals surface area contributed by atoms with E-state index >= 15 is 0 Å². The molecule has 1 aromatic rings. The largest absolute Gasteiger partial charge is 0.461 e. The molecule has 0 saturated carbocycles. The summed E-state index contributed by atoms with van der Waals surface area (Å²) in [5, 5.41) is 0. The smallest absolute Gasteiger partial charge is 0.226 e. The minimum atomic E-state index is -0.370. The highest BCUT2D eigenvalue weighted by atomic mass is 16.7. The van der Waals surface area contributed by atoms with Gasteiger partial charge in [-0.2, -0.15) is 0 Å². The van der Waals surface area contributed by atoms with Crippen molar-refractivity contribution in [2.75, 3.05) is 7.11 Å². The van der Waals surface area contributed by atoms with E-state index in [-0.39, 0.29) is 6.29 Å². The van der Waals surface area contributed by atoms with Gasteiger partial charge >= 0.3 is 0 Å². The van der Waals surface area contributed by atoms with Crippen LogP contribution in [-0.2, 0) is 11.2 Å². The van der Waals surface area contributed by atoms with Gasteiger partial charge in [-0.15, -0.1) is 0 Å². The van der Waals surface area contributed by atoms with Crippen molar-refractivity contribution in [3.8, 4) is 5.75 Å². The zero-order chi connectivity index (χ0) is 14.9. The van der Waals surface area contributed by atoms with Gasteiger partial charge in [0.25, 0.3) is 0 Å². The molecule has 2 rings (SSSR count). The number of benzene rings is 1. The summed E-state index contributed by atoms with van der Waals surface area (Å²) in [7, 11) is 1.67. The van der Waals surface area contributed by atoms with Gasteiger partial charge in [0.05, 0.1) is 0 Å². The fourth-order valence-electron chi connectivity index (χ4n) is 2.24. The maximum Gasteiger partial charge on any atom is 0.226 e. The lowest BCUT2D eigenvalue weighted by Crippen LogP contribution is -2.20. The van der Waals surface area contributed by atoms with Crippen LogP contribution < -0.4 is 4.74 Å². The fraction of sp³-hybridized carbons (Fsp3) is 0.368. The molecule has 0 spiro atoms. The van der Waals surface area contributed by atoms with E-state index in [9.17, 15) is 0 Å². The highest BCUT2D eigenvalue weighted by Gasteiger charge is 2.13. The number of ether oxygens (including phenoxy) is 2. The van der Waals surface area contributed by atoms with Crippen LogP contribution in [0.2, 0.25) is 0 Å². The minimum Gasteiger partial charge on any atom is -0.461 e. The Labute approximate surface area is 127 Å². The molecule has 0 bridgehead atoms. The van der Waals surface area contributed by atoms with Crippen LogP contribution in [-0.4, -0.2) is 13.4 Å². The maximum atomic E-state index is 5.94. The number of aryl methyl sites for hydroxylation is 1. The first-order valence-electron chi connectivity index (χ1n) is 7.65. The predicted molar refractivity (Wildman–Crippen MR) is 87.5 cm³/mol. The summed E-state index contributed by atoms with van der Waals surface area (Å²) >= 11 is 0. The van der Waals surface area contributed by atoms with Crippen LogP contribution in [0.3, 0.4) is 0 Å². The quantitative estimate of drug-likeness (QED) is 0.668. The van der Waals surface area contributed by atoms with Gasteiger partial charge in [0.1, 0.15) is 5.75 Å². The summed E-state index contributed by atoms with van der Waals surface area (Å²) in [6.07, 6.45) is 14.5. The van der Waals surface area contributed by atoms with Crippen LogP contribution in [0.1, 0.15) is 31.7 Å². The molecule has 0 amide bonds. The van der Waals surface area contributed by atoms with E-state index in [4.69, 9.17) is 9.47 Å². The van der Waals surface area contributed by atoms with Crippen molar-refractivity contribution >= 4 is 0 Å². The minimum absolute atomic E-state index is 0.370. The van der Waals surface area contributed by atoms with Crippen molar-refractivity contribution in [2.45, 2.75) is 38.9 Å². The zero-order valence-corrected chi connectivity index (χ0v) is 12.9. The molecule has 2 nitrogen and oxygen atoms in total. The Hall–Kier alpha value is -1.80. The van der Waals surface area contributed by atoms with E-state index in [1.807, 2.05) is 24.3 Å². The Kier molecular flexibility index (Phi) is 6.29. The Morgan fingerprint density at radius 2 is 1.95 bits per heavy atom. The topological polar surface area (TPSA) is 18.5 Å². The predicted octanol–water partition coefficient (Wildman–Crippen LogP) is 4.82. The van der Waals surface area contributed by atoms with Crippen molar-refractivity contribution in [3.63, 3.8) is 0 Å². The Morgan fingerprint density at radius 3 is 2.67 bits per heavy atom.